The van der Waals surface area contributed by atoms with Crippen LogP contribution >= 0.6 is 0 Å². The molecule has 0 amide bonds. The molecule has 6 rings (SSSR count). The minimum absolute atomic E-state index is 0.0152. The molecule has 0 saturated carbocycles. The summed E-state index contributed by atoms with van der Waals surface area (Å²) in [6.07, 6.45) is -4.97. The lowest BCUT2D eigenvalue weighted by molar-refractivity contribution is -0.141. The maximum Gasteiger partial charge on any atom is 0.435 e. The van der Waals surface area contributed by atoms with Gasteiger partial charge in [0.1, 0.15) is 11.5 Å². The monoisotopic (exact) mass is 578 g/mol. The van der Waals surface area contributed by atoms with E-state index in [1.165, 1.54) is 29.2 Å². The number of aromatic nitrogens is 3. The Morgan fingerprint density at radius 2 is 1.86 bits per heavy atom. The number of Topliss-reactive ketones (excluding diaryl/α,β-unsaturated/α-hetero) is 1. The highest BCUT2D eigenvalue weighted by Crippen LogP contribution is 2.37. The van der Waals surface area contributed by atoms with Crippen LogP contribution in [-0.4, -0.2) is 52.8 Å². The molecule has 0 unspecified atom stereocenters. The van der Waals surface area contributed by atoms with Gasteiger partial charge in [0.15, 0.2) is 17.1 Å². The zero-order chi connectivity index (χ0) is 29.8. The van der Waals surface area contributed by atoms with Gasteiger partial charge in [0.2, 0.25) is 5.78 Å². The number of nitrogens with zero attached hydrogens (tertiary/aromatic N) is 5. The van der Waals surface area contributed by atoms with Crippen molar-refractivity contribution in [3.8, 4) is 16.8 Å². The molecule has 12 heteroatoms. The van der Waals surface area contributed by atoms with Crippen LogP contribution in [0.15, 0.2) is 65.2 Å². The van der Waals surface area contributed by atoms with Crippen molar-refractivity contribution in [2.24, 2.45) is 0 Å². The fourth-order valence-corrected chi connectivity index (χ4v) is 5.46. The molecule has 0 saturated heterocycles. The number of anilines is 2. The number of fused-ring (bicyclic) bond motifs is 2. The molecular formula is C30H26F4N6O2. The molecule has 5 aromatic rings. The molecule has 2 N–H and O–H groups in total. The lowest BCUT2D eigenvalue weighted by Crippen LogP contribution is -2.31. The van der Waals surface area contributed by atoms with Crippen LogP contribution in [-0.2, 0) is 19.1 Å². The molecule has 0 fully saturated rings. The van der Waals surface area contributed by atoms with Crippen molar-refractivity contribution in [2.45, 2.75) is 19.1 Å². The first-order chi connectivity index (χ1) is 20.0. The molecule has 216 valence electrons. The predicted molar refractivity (Wildman–Crippen MR) is 150 cm³/mol. The van der Waals surface area contributed by atoms with E-state index in [1.807, 2.05) is 43.3 Å². The van der Waals surface area contributed by atoms with Crippen molar-refractivity contribution >= 4 is 28.3 Å². The molecule has 1 aliphatic rings. The average molecular weight is 579 g/mol. The minimum atomic E-state index is -4.81. The zero-order valence-electron chi connectivity index (χ0n) is 22.7. The van der Waals surface area contributed by atoms with Crippen LogP contribution in [0.1, 0.15) is 27.3 Å². The van der Waals surface area contributed by atoms with Gasteiger partial charge in [-0.1, -0.05) is 35.5 Å². The van der Waals surface area contributed by atoms with Gasteiger partial charge in [-0.2, -0.15) is 18.3 Å². The van der Waals surface area contributed by atoms with Gasteiger partial charge in [-0.15, -0.1) is 0 Å². The number of halogens is 4. The van der Waals surface area contributed by atoms with Crippen molar-refractivity contribution in [1.29, 1.82) is 0 Å². The third-order valence-electron chi connectivity index (χ3n) is 7.31. The summed E-state index contributed by atoms with van der Waals surface area (Å²) in [7, 11) is 3.89. The fourth-order valence-electron chi connectivity index (χ4n) is 5.46. The highest BCUT2D eigenvalue weighted by atomic mass is 19.4. The smallest absolute Gasteiger partial charge is 0.380 e. The highest BCUT2D eigenvalue weighted by molar-refractivity contribution is 6.01. The fraction of sp³-hybridized carbons (Fsp3) is 0.233. The summed E-state index contributed by atoms with van der Waals surface area (Å²) in [6.45, 7) is 0.313. The predicted octanol–water partition coefficient (Wildman–Crippen LogP) is 5.73. The molecule has 0 atom stereocenters. The number of rotatable bonds is 5. The molecular weight excluding hydrogens is 552 g/mol. The first-order valence-electron chi connectivity index (χ1n) is 13.2. The Bertz CT molecular complexity index is 1820. The quantitative estimate of drug-likeness (QED) is 0.267. The molecule has 3 aromatic carbocycles. The van der Waals surface area contributed by atoms with E-state index >= 15 is 4.39 Å². The topological polar surface area (TPSA) is 93.4 Å². The number of ketones is 1. The minimum Gasteiger partial charge on any atom is -0.380 e. The number of alkyl halides is 3. The summed E-state index contributed by atoms with van der Waals surface area (Å²) in [4.78, 5) is 17.1. The molecule has 0 spiro atoms. The van der Waals surface area contributed by atoms with Gasteiger partial charge in [0.25, 0.3) is 0 Å². The van der Waals surface area contributed by atoms with E-state index < -0.39 is 23.5 Å². The van der Waals surface area contributed by atoms with Crippen molar-refractivity contribution in [3.05, 3.63) is 89.0 Å². The van der Waals surface area contributed by atoms with Gasteiger partial charge in [-0.05, 0) is 67.5 Å². The van der Waals surface area contributed by atoms with Crippen LogP contribution in [0, 0.1) is 5.82 Å². The number of nitrogen functional groups attached to an aromatic ring is 1. The molecule has 0 bridgehead atoms. The molecule has 8 nitrogen and oxygen atoms in total. The Hall–Kier alpha value is -4.71. The zero-order valence-corrected chi connectivity index (χ0v) is 22.7. The molecule has 0 radical (unpaired) electrons. The average Bonchev–Trinajstić information content (AvgIpc) is 3.47. The van der Waals surface area contributed by atoms with E-state index in [1.54, 1.807) is 12.1 Å². The second-order valence-corrected chi connectivity index (χ2v) is 10.5. The lowest BCUT2D eigenvalue weighted by atomic mass is 9.98. The number of benzene rings is 3. The van der Waals surface area contributed by atoms with Gasteiger partial charge in [-0.3, -0.25) is 4.79 Å². The largest absolute Gasteiger partial charge is 0.435 e. The highest BCUT2D eigenvalue weighted by Gasteiger charge is 2.42. The number of hydrogen-bond acceptors (Lipinski definition) is 7. The van der Waals surface area contributed by atoms with Gasteiger partial charge >= 0.3 is 6.18 Å². The van der Waals surface area contributed by atoms with Crippen molar-refractivity contribution in [1.82, 2.24) is 19.8 Å². The second-order valence-electron chi connectivity index (χ2n) is 10.5. The Morgan fingerprint density at radius 1 is 1.07 bits per heavy atom. The van der Waals surface area contributed by atoms with Gasteiger partial charge < -0.3 is 20.1 Å². The van der Waals surface area contributed by atoms with Crippen LogP contribution in [0.3, 0.4) is 0 Å². The molecule has 0 aliphatic carbocycles. The standard InChI is InChI=1S/C30H26F4N6O2/c1-38(2)15-18-5-3-4-6-20(18)17-7-9-24(23(31)13-17)39-12-11-21-27(25(41)16-39)40(36-28(21)30(32,33)34)19-8-10-26-22(14-19)29(35)37-42-26/h3-10,13-14H,11-12,15-16H2,1-2H3,(H2,35,37). The Labute approximate surface area is 237 Å². The number of carbonyl (C=O) groups is 1. The Morgan fingerprint density at radius 3 is 2.60 bits per heavy atom. The van der Waals surface area contributed by atoms with Gasteiger partial charge in [0, 0.05) is 18.7 Å². The second kappa shape index (κ2) is 10.3. The summed E-state index contributed by atoms with van der Waals surface area (Å²) < 4.78 is 64.1. The first-order valence-corrected chi connectivity index (χ1v) is 13.2. The van der Waals surface area contributed by atoms with E-state index in [4.69, 9.17) is 10.3 Å². The van der Waals surface area contributed by atoms with Crippen LogP contribution in [0.2, 0.25) is 0 Å². The molecule has 2 aromatic heterocycles. The van der Waals surface area contributed by atoms with Gasteiger partial charge in [-0.25, -0.2) is 9.07 Å². The summed E-state index contributed by atoms with van der Waals surface area (Å²) >= 11 is 0. The summed E-state index contributed by atoms with van der Waals surface area (Å²) in [6, 6.07) is 16.8. The van der Waals surface area contributed by atoms with Crippen molar-refractivity contribution < 1.29 is 26.9 Å². The maximum atomic E-state index is 15.6. The summed E-state index contributed by atoms with van der Waals surface area (Å²) in [5.41, 5.74) is 7.47. The van der Waals surface area contributed by atoms with Crippen molar-refractivity contribution in [2.75, 3.05) is 37.8 Å². The Kier molecular flexibility index (Phi) is 6.72. The first kappa shape index (κ1) is 27.5. The molecule has 42 heavy (non-hydrogen) atoms. The van der Waals surface area contributed by atoms with E-state index in [0.717, 1.165) is 15.8 Å². The third kappa shape index (κ3) is 4.87. The third-order valence-corrected chi connectivity index (χ3v) is 7.31. The SMILES string of the molecule is CN(C)Cc1ccccc1-c1ccc(N2CCc3c(C(F)(F)F)nn(-c4ccc5onc(N)c5c4)c3C(=O)C2)c(F)c1. The number of nitrogens with two attached hydrogens (primary N) is 1. The van der Waals surface area contributed by atoms with Crippen LogP contribution in [0.25, 0.3) is 27.8 Å². The number of carbonyl (C=O) groups excluding carboxylic acids is 1. The van der Waals surface area contributed by atoms with Crippen LogP contribution in [0.4, 0.5) is 29.1 Å². The summed E-state index contributed by atoms with van der Waals surface area (Å²) in [5, 5.41) is 7.86. The lowest BCUT2D eigenvalue weighted by Gasteiger charge is -2.23. The van der Waals surface area contributed by atoms with E-state index in [0.29, 0.717) is 23.1 Å². The normalized spacial score (nSPS) is 14.1. The maximum absolute atomic E-state index is 15.6. The molecule has 3 heterocycles. The van der Waals surface area contributed by atoms with E-state index in [9.17, 15) is 18.0 Å². The molecule has 1 aliphatic heterocycles. The van der Waals surface area contributed by atoms with Crippen LogP contribution < -0.4 is 10.6 Å². The van der Waals surface area contributed by atoms with E-state index in [-0.39, 0.29) is 48.0 Å². The van der Waals surface area contributed by atoms with Gasteiger partial charge in [0.05, 0.1) is 23.3 Å². The van der Waals surface area contributed by atoms with Crippen molar-refractivity contribution in [3.63, 3.8) is 0 Å². The number of hydrogen-bond donors (Lipinski definition) is 1. The van der Waals surface area contributed by atoms with E-state index in [2.05, 4.69) is 10.3 Å². The van der Waals surface area contributed by atoms with Crippen LogP contribution in [0.5, 0.6) is 0 Å². The Balaban J connectivity index is 1.37. The summed E-state index contributed by atoms with van der Waals surface area (Å²) in [5.74, 6) is -1.14.